The van der Waals surface area contributed by atoms with Crippen molar-refractivity contribution in [2.75, 3.05) is 13.6 Å². The van der Waals surface area contributed by atoms with Gasteiger partial charge in [-0.2, -0.15) is 0 Å². The molecule has 4 heteroatoms. The highest BCUT2D eigenvalue weighted by Gasteiger charge is 2.39. The fourth-order valence-corrected chi connectivity index (χ4v) is 3.02. The molecule has 19 heavy (non-hydrogen) atoms. The number of nitrogens with two attached hydrogens (primary N) is 1. The van der Waals surface area contributed by atoms with Crippen LogP contribution < -0.4 is 5.73 Å². The van der Waals surface area contributed by atoms with Gasteiger partial charge in [0.15, 0.2) is 0 Å². The van der Waals surface area contributed by atoms with Gasteiger partial charge in [0.1, 0.15) is 5.76 Å². The van der Waals surface area contributed by atoms with Crippen molar-refractivity contribution >= 4 is 5.91 Å². The molecule has 1 aromatic heterocycles. The maximum absolute atomic E-state index is 12.7. The molecule has 1 saturated carbocycles. The number of nitrogens with zero attached hydrogens (tertiary/aromatic N) is 1. The molecule has 1 aromatic rings. The van der Waals surface area contributed by atoms with Crippen molar-refractivity contribution in [2.24, 2.45) is 11.1 Å². The normalized spacial score (nSPS) is 18.8. The Bertz CT molecular complexity index is 392. The molecule has 0 radical (unpaired) electrons. The molecule has 4 nitrogen and oxygen atoms in total. The van der Waals surface area contributed by atoms with Gasteiger partial charge in [-0.25, -0.2) is 0 Å². The van der Waals surface area contributed by atoms with Crippen LogP contribution in [0.4, 0.5) is 0 Å². The first-order chi connectivity index (χ1) is 9.18. The number of furan rings is 1. The van der Waals surface area contributed by atoms with Crippen molar-refractivity contribution in [1.82, 2.24) is 4.90 Å². The van der Waals surface area contributed by atoms with Gasteiger partial charge in [-0.3, -0.25) is 4.79 Å². The predicted molar refractivity (Wildman–Crippen MR) is 74.4 cm³/mol. The van der Waals surface area contributed by atoms with Crippen molar-refractivity contribution in [1.29, 1.82) is 0 Å². The number of carbonyl (C=O) groups is 1. The van der Waals surface area contributed by atoms with E-state index in [1.807, 2.05) is 19.2 Å². The summed E-state index contributed by atoms with van der Waals surface area (Å²) in [5, 5.41) is 0. The molecule has 1 amide bonds. The van der Waals surface area contributed by atoms with Gasteiger partial charge in [0.2, 0.25) is 5.91 Å². The Labute approximate surface area is 114 Å². The van der Waals surface area contributed by atoms with Crippen LogP contribution in [0.15, 0.2) is 22.8 Å². The molecule has 1 aliphatic carbocycles. The van der Waals surface area contributed by atoms with Gasteiger partial charge in [-0.05, 0) is 25.0 Å². The lowest BCUT2D eigenvalue weighted by molar-refractivity contribution is -0.142. The zero-order valence-corrected chi connectivity index (χ0v) is 11.7. The summed E-state index contributed by atoms with van der Waals surface area (Å²) in [7, 11) is 1.84. The van der Waals surface area contributed by atoms with Crippen LogP contribution >= 0.6 is 0 Å². The molecule has 0 unspecified atom stereocenters. The molecule has 1 heterocycles. The highest BCUT2D eigenvalue weighted by atomic mass is 16.3. The summed E-state index contributed by atoms with van der Waals surface area (Å²) >= 11 is 0. The smallest absolute Gasteiger partial charge is 0.230 e. The molecule has 106 valence electrons. The maximum atomic E-state index is 12.7. The molecular weight excluding hydrogens is 240 g/mol. The lowest BCUT2D eigenvalue weighted by Crippen LogP contribution is -2.46. The first kappa shape index (κ1) is 14.1. The van der Waals surface area contributed by atoms with Crippen molar-refractivity contribution < 1.29 is 9.21 Å². The van der Waals surface area contributed by atoms with Crippen LogP contribution in [0.1, 0.15) is 44.3 Å². The van der Waals surface area contributed by atoms with Crippen LogP contribution in [0.25, 0.3) is 0 Å². The second-order valence-electron chi connectivity index (χ2n) is 5.64. The number of hydrogen-bond acceptors (Lipinski definition) is 3. The van der Waals surface area contributed by atoms with Crippen LogP contribution in [-0.2, 0) is 11.3 Å². The molecule has 0 spiro atoms. The van der Waals surface area contributed by atoms with Crippen molar-refractivity contribution in [3.63, 3.8) is 0 Å². The number of hydrogen-bond donors (Lipinski definition) is 1. The minimum atomic E-state index is -0.349. The van der Waals surface area contributed by atoms with E-state index in [1.54, 1.807) is 11.2 Å². The Balaban J connectivity index is 2.06. The van der Waals surface area contributed by atoms with Gasteiger partial charge >= 0.3 is 0 Å². The van der Waals surface area contributed by atoms with E-state index < -0.39 is 0 Å². The summed E-state index contributed by atoms with van der Waals surface area (Å²) < 4.78 is 5.31. The van der Waals surface area contributed by atoms with Crippen LogP contribution in [0.5, 0.6) is 0 Å². The van der Waals surface area contributed by atoms with Crippen LogP contribution in [0.3, 0.4) is 0 Å². The van der Waals surface area contributed by atoms with E-state index in [2.05, 4.69) is 0 Å². The number of amides is 1. The van der Waals surface area contributed by atoms with Crippen molar-refractivity contribution in [2.45, 2.75) is 45.1 Å². The molecule has 1 aliphatic rings. The average molecular weight is 264 g/mol. The van der Waals surface area contributed by atoms with Gasteiger partial charge in [0, 0.05) is 13.6 Å². The van der Waals surface area contributed by atoms with E-state index in [-0.39, 0.29) is 11.3 Å². The van der Waals surface area contributed by atoms with E-state index >= 15 is 0 Å². The summed E-state index contributed by atoms with van der Waals surface area (Å²) in [5.41, 5.74) is 5.60. The van der Waals surface area contributed by atoms with Gasteiger partial charge in [-0.1, -0.05) is 25.7 Å². The lowest BCUT2D eigenvalue weighted by Gasteiger charge is -2.33. The minimum absolute atomic E-state index is 0.174. The Morgan fingerprint density at radius 3 is 2.58 bits per heavy atom. The third-order valence-electron chi connectivity index (χ3n) is 4.22. The zero-order chi connectivity index (χ0) is 13.7. The standard InChI is InChI=1S/C15H24N2O2/c1-17(11-13-7-6-10-19-13)14(18)15(12-16)8-4-2-3-5-9-15/h6-7,10H,2-5,8-9,11-12,16H2,1H3. The summed E-state index contributed by atoms with van der Waals surface area (Å²) in [6.07, 6.45) is 8.14. The highest BCUT2D eigenvalue weighted by Crippen LogP contribution is 2.36. The number of rotatable bonds is 4. The Morgan fingerprint density at radius 2 is 2.05 bits per heavy atom. The van der Waals surface area contributed by atoms with Crippen molar-refractivity contribution in [3.8, 4) is 0 Å². The molecule has 0 atom stereocenters. The van der Waals surface area contributed by atoms with E-state index in [1.165, 1.54) is 12.8 Å². The van der Waals surface area contributed by atoms with Gasteiger partial charge in [0.25, 0.3) is 0 Å². The SMILES string of the molecule is CN(Cc1ccco1)C(=O)C1(CN)CCCCCC1. The molecule has 2 N–H and O–H groups in total. The summed E-state index contributed by atoms with van der Waals surface area (Å²) in [6.45, 7) is 0.974. The van der Waals surface area contributed by atoms with E-state index in [0.29, 0.717) is 13.1 Å². The van der Waals surface area contributed by atoms with E-state index in [9.17, 15) is 4.79 Å². The molecule has 2 rings (SSSR count). The van der Waals surface area contributed by atoms with Gasteiger partial charge < -0.3 is 15.1 Å². The summed E-state index contributed by atoms with van der Waals surface area (Å²) in [6, 6.07) is 3.74. The van der Waals surface area contributed by atoms with Gasteiger partial charge in [-0.15, -0.1) is 0 Å². The average Bonchev–Trinajstić information content (AvgIpc) is 2.80. The fraction of sp³-hybridized carbons (Fsp3) is 0.667. The number of carbonyl (C=O) groups excluding carboxylic acids is 1. The lowest BCUT2D eigenvalue weighted by atomic mass is 9.79. The third-order valence-corrected chi connectivity index (χ3v) is 4.22. The Morgan fingerprint density at radius 1 is 1.37 bits per heavy atom. The second-order valence-corrected chi connectivity index (χ2v) is 5.64. The Kier molecular flexibility index (Phi) is 4.64. The zero-order valence-electron chi connectivity index (χ0n) is 11.7. The summed E-state index contributed by atoms with van der Waals surface area (Å²) in [5.74, 6) is 0.991. The maximum Gasteiger partial charge on any atom is 0.230 e. The van der Waals surface area contributed by atoms with E-state index in [0.717, 1.165) is 31.4 Å². The van der Waals surface area contributed by atoms with Gasteiger partial charge in [0.05, 0.1) is 18.2 Å². The topological polar surface area (TPSA) is 59.5 Å². The largest absolute Gasteiger partial charge is 0.467 e. The molecule has 0 aliphatic heterocycles. The van der Waals surface area contributed by atoms with Crippen LogP contribution in [0, 0.1) is 5.41 Å². The van der Waals surface area contributed by atoms with Crippen molar-refractivity contribution in [3.05, 3.63) is 24.2 Å². The van der Waals surface area contributed by atoms with Crippen LogP contribution in [-0.4, -0.2) is 24.4 Å². The molecule has 0 bridgehead atoms. The van der Waals surface area contributed by atoms with E-state index in [4.69, 9.17) is 10.2 Å². The second kappa shape index (κ2) is 6.24. The minimum Gasteiger partial charge on any atom is -0.467 e. The highest BCUT2D eigenvalue weighted by molar-refractivity contribution is 5.82. The molecule has 0 saturated heterocycles. The third kappa shape index (κ3) is 3.18. The molecule has 0 aromatic carbocycles. The first-order valence-electron chi connectivity index (χ1n) is 7.16. The first-order valence-corrected chi connectivity index (χ1v) is 7.16. The fourth-order valence-electron chi connectivity index (χ4n) is 3.02. The predicted octanol–water partition coefficient (Wildman–Crippen LogP) is 2.54. The Hall–Kier alpha value is -1.29. The quantitative estimate of drug-likeness (QED) is 0.850. The summed E-state index contributed by atoms with van der Waals surface area (Å²) in [4.78, 5) is 14.5. The van der Waals surface area contributed by atoms with Crippen LogP contribution in [0.2, 0.25) is 0 Å². The molecule has 1 fully saturated rings. The molecular formula is C15H24N2O2. The monoisotopic (exact) mass is 264 g/mol.